The average Bonchev–Trinajstić information content (AvgIpc) is 1.98. The molecule has 1 aliphatic heterocycles. The molecule has 1 saturated heterocycles. The maximum Gasteiger partial charge on any atom is 0.236 e. The van der Waals surface area contributed by atoms with Crippen molar-refractivity contribution in [2.45, 2.75) is 30.8 Å². The number of hydrogen-bond acceptors (Lipinski definition) is 3. The molecular formula is C9H15NO2S. The number of carbonyl (C=O) groups is 2. The molecule has 1 aliphatic rings. The number of hydrogen-bond donors (Lipinski definition) is 0. The van der Waals surface area contributed by atoms with E-state index in [-0.39, 0.29) is 23.5 Å². The Kier molecular flexibility index (Phi) is 3.36. The summed E-state index contributed by atoms with van der Waals surface area (Å²) in [5.74, 6) is 0.263. The summed E-state index contributed by atoms with van der Waals surface area (Å²) in [6.07, 6.45) is 0.409. The number of carbonyl (C=O) groups excluding carboxylic acids is 2. The van der Waals surface area contributed by atoms with Crippen molar-refractivity contribution in [3.8, 4) is 0 Å². The second kappa shape index (κ2) is 4.13. The number of likely N-dealkylation sites (tertiary alicyclic amines) is 1. The summed E-state index contributed by atoms with van der Waals surface area (Å²) in [5.41, 5.74) is 0. The molecule has 0 N–H and O–H groups in total. The molecule has 74 valence electrons. The first kappa shape index (κ1) is 10.6. The highest BCUT2D eigenvalue weighted by Gasteiger charge is 2.31. The maximum atomic E-state index is 11.6. The maximum absolute atomic E-state index is 11.6. The Morgan fingerprint density at radius 1 is 1.46 bits per heavy atom. The van der Waals surface area contributed by atoms with Gasteiger partial charge in [0.15, 0.2) is 5.78 Å². The Morgan fingerprint density at radius 3 is 2.62 bits per heavy atom. The number of amides is 1. The summed E-state index contributed by atoms with van der Waals surface area (Å²) in [6, 6.07) is 0. The predicted octanol–water partition coefficient (Wildman–Crippen LogP) is 0.928. The van der Waals surface area contributed by atoms with Gasteiger partial charge < -0.3 is 4.90 Å². The molecule has 3 nitrogen and oxygen atoms in total. The van der Waals surface area contributed by atoms with Gasteiger partial charge in [-0.3, -0.25) is 9.59 Å². The minimum Gasteiger partial charge on any atom is -0.337 e. The first-order valence-corrected chi connectivity index (χ1v) is 5.37. The summed E-state index contributed by atoms with van der Waals surface area (Å²) >= 11 is 1.58. The van der Waals surface area contributed by atoms with Crippen molar-refractivity contribution >= 4 is 23.5 Å². The summed E-state index contributed by atoms with van der Waals surface area (Å²) < 4.78 is 0. The number of Topliss-reactive ketones (excluding diaryl/α,β-unsaturated/α-hetero) is 1. The van der Waals surface area contributed by atoms with Crippen LogP contribution >= 0.6 is 11.8 Å². The number of ketones is 1. The monoisotopic (exact) mass is 201 g/mol. The van der Waals surface area contributed by atoms with Crippen molar-refractivity contribution in [3.63, 3.8) is 0 Å². The molecule has 0 aliphatic carbocycles. The zero-order valence-electron chi connectivity index (χ0n) is 8.24. The van der Waals surface area contributed by atoms with E-state index in [1.165, 1.54) is 4.90 Å². The molecule has 1 unspecified atom stereocenters. The SMILES string of the molecule is CC(C)SC1CC(=O)CN(C)C1=O. The van der Waals surface area contributed by atoms with Crippen LogP contribution in [0.5, 0.6) is 0 Å². The highest BCUT2D eigenvalue weighted by atomic mass is 32.2. The van der Waals surface area contributed by atoms with Crippen molar-refractivity contribution in [2.24, 2.45) is 0 Å². The van der Waals surface area contributed by atoms with Gasteiger partial charge in [0.2, 0.25) is 5.91 Å². The van der Waals surface area contributed by atoms with Crippen LogP contribution in [0, 0.1) is 0 Å². The minimum atomic E-state index is -0.147. The van der Waals surface area contributed by atoms with Gasteiger partial charge in [-0.2, -0.15) is 0 Å². The molecule has 0 spiro atoms. The van der Waals surface area contributed by atoms with Crippen LogP contribution < -0.4 is 0 Å². The molecule has 13 heavy (non-hydrogen) atoms. The molecule has 1 amide bonds. The fraction of sp³-hybridized carbons (Fsp3) is 0.778. The number of likely N-dealkylation sites (N-methyl/N-ethyl adjacent to an activating group) is 1. The van der Waals surface area contributed by atoms with E-state index in [0.29, 0.717) is 11.7 Å². The zero-order chi connectivity index (χ0) is 10.0. The fourth-order valence-electron chi connectivity index (χ4n) is 1.38. The zero-order valence-corrected chi connectivity index (χ0v) is 9.06. The number of rotatable bonds is 2. The first-order valence-electron chi connectivity index (χ1n) is 4.43. The van der Waals surface area contributed by atoms with Crippen molar-refractivity contribution in [1.82, 2.24) is 4.90 Å². The van der Waals surface area contributed by atoms with Crippen molar-refractivity contribution in [1.29, 1.82) is 0 Å². The van der Waals surface area contributed by atoms with Crippen LogP contribution in [0.4, 0.5) is 0 Å². The minimum absolute atomic E-state index is 0.0956. The molecule has 1 heterocycles. The van der Waals surface area contributed by atoms with Gasteiger partial charge in [-0.05, 0) is 5.25 Å². The lowest BCUT2D eigenvalue weighted by atomic mass is 10.1. The third-order valence-electron chi connectivity index (χ3n) is 1.91. The van der Waals surface area contributed by atoms with Crippen molar-refractivity contribution in [2.75, 3.05) is 13.6 Å². The van der Waals surface area contributed by atoms with E-state index >= 15 is 0 Å². The first-order chi connectivity index (χ1) is 6.00. The highest BCUT2D eigenvalue weighted by Crippen LogP contribution is 2.24. The molecule has 0 bridgehead atoms. The normalized spacial score (nSPS) is 24.3. The quantitative estimate of drug-likeness (QED) is 0.667. The van der Waals surface area contributed by atoms with Crippen LogP contribution in [0.2, 0.25) is 0 Å². The van der Waals surface area contributed by atoms with Gasteiger partial charge >= 0.3 is 0 Å². The van der Waals surface area contributed by atoms with E-state index < -0.39 is 0 Å². The van der Waals surface area contributed by atoms with E-state index in [1.54, 1.807) is 18.8 Å². The molecule has 1 atom stereocenters. The fourth-order valence-corrected chi connectivity index (χ4v) is 2.62. The van der Waals surface area contributed by atoms with Crippen LogP contribution in [-0.2, 0) is 9.59 Å². The topological polar surface area (TPSA) is 37.4 Å². The van der Waals surface area contributed by atoms with E-state index in [9.17, 15) is 9.59 Å². The number of piperidine rings is 1. The third kappa shape index (κ3) is 2.72. The average molecular weight is 201 g/mol. The molecule has 0 saturated carbocycles. The Bertz CT molecular complexity index is 228. The van der Waals surface area contributed by atoms with Crippen LogP contribution in [-0.4, -0.2) is 40.7 Å². The second-order valence-electron chi connectivity index (χ2n) is 3.61. The molecule has 4 heteroatoms. The molecule has 0 aromatic rings. The van der Waals surface area contributed by atoms with Gasteiger partial charge in [0.25, 0.3) is 0 Å². The standard InChI is InChI=1S/C9H15NO2S/c1-6(2)13-8-4-7(11)5-10(3)9(8)12/h6,8H,4-5H2,1-3H3. The summed E-state index contributed by atoms with van der Waals surface area (Å²) in [6.45, 7) is 4.36. The van der Waals surface area contributed by atoms with Gasteiger partial charge in [-0.15, -0.1) is 11.8 Å². The Hall–Kier alpha value is -0.510. The van der Waals surface area contributed by atoms with E-state index in [4.69, 9.17) is 0 Å². The third-order valence-corrected chi connectivity index (χ3v) is 3.16. The number of nitrogens with zero attached hydrogens (tertiary/aromatic N) is 1. The second-order valence-corrected chi connectivity index (χ2v) is 5.39. The highest BCUT2D eigenvalue weighted by molar-refractivity contribution is 8.01. The van der Waals surface area contributed by atoms with E-state index in [2.05, 4.69) is 0 Å². The van der Waals surface area contributed by atoms with Crippen LogP contribution in [0.3, 0.4) is 0 Å². The van der Waals surface area contributed by atoms with Gasteiger partial charge in [0, 0.05) is 13.5 Å². The van der Waals surface area contributed by atoms with E-state index in [0.717, 1.165) is 0 Å². The molecule has 1 rings (SSSR count). The van der Waals surface area contributed by atoms with Gasteiger partial charge in [-0.25, -0.2) is 0 Å². The Morgan fingerprint density at radius 2 is 2.08 bits per heavy atom. The van der Waals surface area contributed by atoms with Crippen molar-refractivity contribution in [3.05, 3.63) is 0 Å². The number of thioether (sulfide) groups is 1. The van der Waals surface area contributed by atoms with Crippen LogP contribution in [0.25, 0.3) is 0 Å². The van der Waals surface area contributed by atoms with Gasteiger partial charge in [0.1, 0.15) is 0 Å². The summed E-state index contributed by atoms with van der Waals surface area (Å²) in [5, 5.41) is 0.250. The molecular weight excluding hydrogens is 186 g/mol. The van der Waals surface area contributed by atoms with E-state index in [1.807, 2.05) is 13.8 Å². The Labute approximate surface area is 82.9 Å². The molecule has 0 aromatic heterocycles. The lowest BCUT2D eigenvalue weighted by molar-refractivity contribution is -0.138. The lowest BCUT2D eigenvalue weighted by Crippen LogP contribution is -2.45. The van der Waals surface area contributed by atoms with Crippen LogP contribution in [0.1, 0.15) is 20.3 Å². The Balaban J connectivity index is 2.61. The summed E-state index contributed by atoms with van der Waals surface area (Å²) in [4.78, 5) is 24.3. The summed E-state index contributed by atoms with van der Waals surface area (Å²) in [7, 11) is 1.69. The largest absolute Gasteiger partial charge is 0.337 e. The van der Waals surface area contributed by atoms with Crippen molar-refractivity contribution < 1.29 is 9.59 Å². The molecule has 0 aromatic carbocycles. The smallest absolute Gasteiger partial charge is 0.236 e. The van der Waals surface area contributed by atoms with Crippen LogP contribution in [0.15, 0.2) is 0 Å². The molecule has 1 fully saturated rings. The van der Waals surface area contributed by atoms with Gasteiger partial charge in [-0.1, -0.05) is 13.8 Å². The van der Waals surface area contributed by atoms with Gasteiger partial charge in [0.05, 0.1) is 11.8 Å². The lowest BCUT2D eigenvalue weighted by Gasteiger charge is -2.28. The predicted molar refractivity (Wildman–Crippen MR) is 53.8 cm³/mol. The molecule has 0 radical (unpaired) electrons.